The van der Waals surface area contributed by atoms with E-state index in [0.29, 0.717) is 0 Å². The summed E-state index contributed by atoms with van der Waals surface area (Å²) >= 11 is 0. The van der Waals surface area contributed by atoms with Gasteiger partial charge in [-0.05, 0) is 0 Å². The van der Waals surface area contributed by atoms with Crippen LogP contribution in [0.3, 0.4) is 0 Å². The molecule has 0 heterocycles. The van der Waals surface area contributed by atoms with Crippen molar-refractivity contribution in [2.45, 2.75) is 0 Å². The van der Waals surface area contributed by atoms with E-state index in [0.717, 1.165) is 0 Å². The third-order valence-corrected chi connectivity index (χ3v) is 0. The Morgan fingerprint density at radius 1 is 1.00 bits per heavy atom. The van der Waals surface area contributed by atoms with Crippen molar-refractivity contribution < 1.29 is 48.3 Å². The van der Waals surface area contributed by atoms with Crippen molar-refractivity contribution >= 4 is 0 Å². The van der Waals surface area contributed by atoms with Gasteiger partial charge in [0, 0.05) is 17.1 Å². The van der Waals surface area contributed by atoms with Gasteiger partial charge in [-0.15, -0.1) is 0 Å². The van der Waals surface area contributed by atoms with Crippen LogP contribution in [-0.4, -0.2) is 0 Å². The van der Waals surface area contributed by atoms with Gasteiger partial charge in [-0.25, -0.2) is 0 Å². The third kappa shape index (κ3) is 11.7. The summed E-state index contributed by atoms with van der Waals surface area (Å²) in [7, 11) is 0. The summed E-state index contributed by atoms with van der Waals surface area (Å²) in [5.74, 6) is 0. The molecule has 0 fully saturated rings. The molecule has 4 heavy (non-hydrogen) atoms. The molecule has 1 radical (unpaired) electrons. The fourth-order valence-corrected chi connectivity index (χ4v) is 0. The maximum absolute atomic E-state index is 0. The molecule has 4 heteroatoms. The van der Waals surface area contributed by atoms with Crippen LogP contribution in [-0.2, 0) is 28.0 Å². The van der Waals surface area contributed by atoms with E-state index in [2.05, 4.69) is 0 Å². The monoisotopic (exact) mass is 95.0 g/mol. The van der Waals surface area contributed by atoms with E-state index in [4.69, 9.17) is 0 Å². The van der Waals surface area contributed by atoms with Crippen molar-refractivity contribution in [1.82, 2.24) is 0 Å². The summed E-state index contributed by atoms with van der Waals surface area (Å²) in [6.45, 7) is 0. The van der Waals surface area contributed by atoms with Crippen LogP contribution in [0, 0.1) is 0 Å². The molecule has 0 aliphatic heterocycles. The zero-order chi connectivity index (χ0) is 0. The van der Waals surface area contributed by atoms with Gasteiger partial charge in [0.25, 0.3) is 0 Å². The van der Waals surface area contributed by atoms with Gasteiger partial charge in [0.2, 0.25) is 0 Å². The van der Waals surface area contributed by atoms with E-state index in [9.17, 15) is 0 Å². The fourth-order valence-electron chi connectivity index (χ4n) is 0. The summed E-state index contributed by atoms with van der Waals surface area (Å²) in [6.07, 6.45) is 0. The first kappa shape index (κ1) is 76.3. The van der Waals surface area contributed by atoms with Gasteiger partial charge in [-0.1, -0.05) is 0 Å². The van der Waals surface area contributed by atoms with E-state index < -0.39 is 0 Å². The van der Waals surface area contributed by atoms with Crippen LogP contribution in [0.1, 0.15) is 1.43 Å². The Hall–Kier alpha value is 1.04. The summed E-state index contributed by atoms with van der Waals surface area (Å²) in [5, 5.41) is 0. The second kappa shape index (κ2) is 34.6. The zero-order valence-electron chi connectivity index (χ0n) is 3.19. The van der Waals surface area contributed by atoms with Gasteiger partial charge in [0.05, 0.1) is 0 Å². The molecule has 0 amide bonds. The molecule has 0 saturated carbocycles. The molecule has 0 bridgehead atoms. The van der Waals surface area contributed by atoms with Crippen LogP contribution in [0.25, 0.3) is 0 Å². The normalized spacial score (nSPS) is 0. The maximum Gasteiger partial charge on any atom is 1.00 e. The fraction of sp³-hybridized carbons (Fsp3) is 0. The SMILES string of the molecule is [H-].[Li+].[Mn].[O-2].[O-2]. The third-order valence-electron chi connectivity index (χ3n) is 0. The van der Waals surface area contributed by atoms with Crippen molar-refractivity contribution in [2.24, 2.45) is 0 Å². The van der Waals surface area contributed by atoms with Crippen LogP contribution < -0.4 is 18.9 Å². The van der Waals surface area contributed by atoms with Crippen LogP contribution in [0.2, 0.25) is 0 Å². The molecule has 0 aromatic carbocycles. The summed E-state index contributed by atoms with van der Waals surface area (Å²) in [5.41, 5.74) is 0. The average Bonchev–Trinajstić information content (AvgIpc) is 0. The Kier molecular flexibility index (Phi) is 661. The van der Waals surface area contributed by atoms with Crippen molar-refractivity contribution in [3.63, 3.8) is 0 Å². The molecule has 0 aromatic rings. The van der Waals surface area contributed by atoms with E-state index in [1.165, 1.54) is 0 Å². The molecule has 0 rings (SSSR count). The largest absolute Gasteiger partial charge is 2.00 e. The smallest absolute Gasteiger partial charge is 1.00 e. The maximum atomic E-state index is 0. The quantitative estimate of drug-likeness (QED) is 0.286. The van der Waals surface area contributed by atoms with E-state index >= 15 is 0 Å². The Labute approximate surface area is 48.7 Å². The molecule has 2 nitrogen and oxygen atoms in total. The minimum atomic E-state index is 0. The van der Waals surface area contributed by atoms with Crippen molar-refractivity contribution in [1.29, 1.82) is 0 Å². The van der Waals surface area contributed by atoms with Crippen LogP contribution in [0.5, 0.6) is 0 Å². The molecular weight excluding hydrogens is 93.9 g/mol. The van der Waals surface area contributed by atoms with E-state index in [1.54, 1.807) is 0 Å². The average molecular weight is 94.9 g/mol. The second-order valence-electron chi connectivity index (χ2n) is 0. The molecule has 0 aliphatic rings. The molecule has 0 unspecified atom stereocenters. The van der Waals surface area contributed by atoms with Gasteiger partial charge in [-0.2, -0.15) is 0 Å². The molecule has 0 saturated heterocycles. The Bertz CT molecular complexity index is 9.61. The Morgan fingerprint density at radius 3 is 1.00 bits per heavy atom. The molecule has 0 atom stereocenters. The van der Waals surface area contributed by atoms with Gasteiger partial charge in [-0.3, -0.25) is 0 Å². The number of rotatable bonds is 0. The van der Waals surface area contributed by atoms with Crippen LogP contribution in [0.15, 0.2) is 0 Å². The van der Waals surface area contributed by atoms with Gasteiger partial charge in [0.15, 0.2) is 0 Å². The van der Waals surface area contributed by atoms with Crippen LogP contribution >= 0.6 is 0 Å². The summed E-state index contributed by atoms with van der Waals surface area (Å²) < 4.78 is 0. The van der Waals surface area contributed by atoms with E-state index in [-0.39, 0.29) is 48.3 Å². The van der Waals surface area contributed by atoms with Crippen molar-refractivity contribution in [3.05, 3.63) is 0 Å². The first-order chi connectivity index (χ1) is 0. The van der Waals surface area contributed by atoms with Crippen LogP contribution in [0.4, 0.5) is 0 Å². The van der Waals surface area contributed by atoms with Gasteiger partial charge in [0.1, 0.15) is 0 Å². The first-order valence-electron chi connectivity index (χ1n) is 0. The molecule has 0 N–H and O–H groups in total. The van der Waals surface area contributed by atoms with E-state index in [1.807, 2.05) is 0 Å². The van der Waals surface area contributed by atoms with Crippen molar-refractivity contribution in [3.8, 4) is 0 Å². The molecule has 0 aliphatic carbocycles. The topological polar surface area (TPSA) is 57.0 Å². The van der Waals surface area contributed by atoms with Gasteiger partial charge < -0.3 is 12.4 Å². The Balaban J connectivity index is 0. The summed E-state index contributed by atoms with van der Waals surface area (Å²) in [6, 6.07) is 0. The molecular formula is HLiMnO2-4. The predicted molar refractivity (Wildman–Crippen MR) is 2.49 cm³/mol. The minimum Gasteiger partial charge on any atom is -2.00 e. The number of hydrogen-bond donors (Lipinski definition) is 0. The molecule has 0 spiro atoms. The first-order valence-corrected chi connectivity index (χ1v) is 0. The van der Waals surface area contributed by atoms with Gasteiger partial charge >= 0.3 is 18.9 Å². The molecule has 0 aromatic heterocycles. The van der Waals surface area contributed by atoms with Crippen molar-refractivity contribution in [2.75, 3.05) is 0 Å². The second-order valence-corrected chi connectivity index (χ2v) is 0. The number of hydrogen-bond acceptors (Lipinski definition) is 0. The standard InChI is InChI=1S/Li.Mn.2O.H/q+1;;2*-2;-1. The summed E-state index contributed by atoms with van der Waals surface area (Å²) in [4.78, 5) is 0. The molecule has 25 valence electrons. The minimum absolute atomic E-state index is 0. The zero-order valence-corrected chi connectivity index (χ0v) is 3.37. The predicted octanol–water partition coefficient (Wildman–Crippen LogP) is -3.12. The Morgan fingerprint density at radius 2 is 1.00 bits per heavy atom.